The largest absolute Gasteiger partial charge is 0.457 e. The minimum absolute atomic E-state index is 0.0401. The average molecular weight is 479 g/mol. The van der Waals surface area contributed by atoms with E-state index in [4.69, 9.17) is 27.9 Å². The number of aryl methyl sites for hydroxylation is 1. The van der Waals surface area contributed by atoms with Gasteiger partial charge in [-0.15, -0.1) is 0 Å². The van der Waals surface area contributed by atoms with E-state index in [1.54, 1.807) is 12.1 Å². The van der Waals surface area contributed by atoms with Crippen molar-refractivity contribution in [3.63, 3.8) is 0 Å². The van der Waals surface area contributed by atoms with Crippen LogP contribution >= 0.6 is 0 Å². The lowest BCUT2D eigenvalue weighted by Gasteiger charge is -2.47. The Kier molecular flexibility index (Phi) is 7.13. The molecule has 0 saturated carbocycles. The van der Waals surface area contributed by atoms with E-state index in [9.17, 15) is 13.2 Å². The van der Waals surface area contributed by atoms with Crippen molar-refractivity contribution in [2.75, 3.05) is 13.7 Å². The lowest BCUT2D eigenvalue weighted by Crippen LogP contribution is -2.64. The van der Waals surface area contributed by atoms with Gasteiger partial charge in [0.05, 0.1) is 11.5 Å². The van der Waals surface area contributed by atoms with Crippen molar-refractivity contribution in [1.29, 1.82) is 0 Å². The summed E-state index contributed by atoms with van der Waals surface area (Å²) >= 11 is 0. The molecular formula is C23H26O9S. The zero-order chi connectivity index (χ0) is 23.6. The predicted octanol–water partition coefficient (Wildman–Crippen LogP) is 2.49. The second-order valence-corrected chi connectivity index (χ2v) is 9.43. The van der Waals surface area contributed by atoms with Crippen molar-refractivity contribution in [3.8, 4) is 0 Å². The molecule has 2 heterocycles. The van der Waals surface area contributed by atoms with Crippen molar-refractivity contribution < 1.29 is 41.1 Å². The van der Waals surface area contributed by atoms with Crippen LogP contribution in [0.1, 0.15) is 24.3 Å². The molecular weight excluding hydrogens is 452 g/mol. The fourth-order valence-corrected chi connectivity index (χ4v) is 4.92. The van der Waals surface area contributed by atoms with Gasteiger partial charge in [-0.2, -0.15) is 8.42 Å². The number of rotatable bonds is 6. The van der Waals surface area contributed by atoms with E-state index < -0.39 is 53.1 Å². The second kappa shape index (κ2) is 9.88. The van der Waals surface area contributed by atoms with Gasteiger partial charge >= 0.3 is 5.97 Å². The number of esters is 1. The molecule has 2 aliphatic rings. The third-order valence-electron chi connectivity index (χ3n) is 5.44. The molecule has 2 aromatic rings. The summed E-state index contributed by atoms with van der Waals surface area (Å²) in [5.41, 5.74) is 1.66. The molecule has 2 fully saturated rings. The van der Waals surface area contributed by atoms with Gasteiger partial charge in [-0.25, -0.2) is 0 Å². The van der Waals surface area contributed by atoms with Crippen LogP contribution in [0, 0.1) is 6.92 Å². The summed E-state index contributed by atoms with van der Waals surface area (Å²) in [5, 5.41) is 0. The highest BCUT2D eigenvalue weighted by molar-refractivity contribution is 7.86. The number of ether oxygens (including phenoxy) is 5. The van der Waals surface area contributed by atoms with Gasteiger partial charge in [0.25, 0.3) is 10.1 Å². The molecule has 0 N–H and O–H groups in total. The highest BCUT2D eigenvalue weighted by Gasteiger charge is 2.54. The van der Waals surface area contributed by atoms with Crippen molar-refractivity contribution >= 4 is 16.1 Å². The Morgan fingerprint density at radius 1 is 1.00 bits per heavy atom. The minimum Gasteiger partial charge on any atom is -0.457 e. The standard InChI is InChI=1S/C23H26O9S/c1-14-9-11-17(12-10-14)33(25,26)32-21-20(29-15(2)24)19-18(30-23(21)27-3)13-28-22(31-19)16-7-5-4-6-8-16/h4-12,18-23H,13H2,1-3H3/t18-,19+,20+,21+,22+,23+/m1/s1. The Morgan fingerprint density at radius 2 is 1.70 bits per heavy atom. The summed E-state index contributed by atoms with van der Waals surface area (Å²) in [6.45, 7) is 3.20. The smallest absolute Gasteiger partial charge is 0.303 e. The van der Waals surface area contributed by atoms with Crippen molar-refractivity contribution in [3.05, 3.63) is 65.7 Å². The number of hydrogen-bond acceptors (Lipinski definition) is 9. The van der Waals surface area contributed by atoms with Crippen LogP contribution in [0.15, 0.2) is 59.5 Å². The Bertz CT molecular complexity index is 1060. The van der Waals surface area contributed by atoms with Crippen molar-refractivity contribution in [1.82, 2.24) is 0 Å². The molecule has 0 aromatic heterocycles. The van der Waals surface area contributed by atoms with Gasteiger partial charge in [-0.05, 0) is 19.1 Å². The van der Waals surface area contributed by atoms with E-state index in [0.717, 1.165) is 11.1 Å². The summed E-state index contributed by atoms with van der Waals surface area (Å²) in [6.07, 6.45) is -5.83. The minimum atomic E-state index is -4.23. The Morgan fingerprint density at radius 3 is 2.33 bits per heavy atom. The Balaban J connectivity index is 1.64. The number of carbonyl (C=O) groups is 1. The van der Waals surface area contributed by atoms with Gasteiger partial charge in [0.1, 0.15) is 12.2 Å². The average Bonchev–Trinajstić information content (AvgIpc) is 2.80. The van der Waals surface area contributed by atoms with Gasteiger partial charge in [-0.3, -0.25) is 8.98 Å². The summed E-state index contributed by atoms with van der Waals surface area (Å²) in [5.74, 6) is -0.622. The summed E-state index contributed by atoms with van der Waals surface area (Å²) < 4.78 is 60.2. The van der Waals surface area contributed by atoms with E-state index in [1.807, 2.05) is 37.3 Å². The Labute approximate surface area is 192 Å². The fraction of sp³-hybridized carbons (Fsp3) is 0.435. The molecule has 178 valence electrons. The van der Waals surface area contributed by atoms with E-state index in [-0.39, 0.29) is 11.5 Å². The van der Waals surface area contributed by atoms with Crippen LogP contribution in [0.4, 0.5) is 0 Å². The number of fused-ring (bicyclic) bond motifs is 1. The molecule has 2 aliphatic heterocycles. The maximum absolute atomic E-state index is 13.0. The number of benzene rings is 2. The highest BCUT2D eigenvalue weighted by Crippen LogP contribution is 2.37. The zero-order valence-electron chi connectivity index (χ0n) is 18.4. The third-order valence-corrected chi connectivity index (χ3v) is 6.76. The molecule has 4 rings (SSSR count). The first-order chi connectivity index (χ1) is 15.8. The molecule has 33 heavy (non-hydrogen) atoms. The van der Waals surface area contributed by atoms with E-state index in [1.165, 1.54) is 26.2 Å². The van der Waals surface area contributed by atoms with Gasteiger partial charge < -0.3 is 23.7 Å². The molecule has 0 bridgehead atoms. The predicted molar refractivity (Wildman–Crippen MR) is 114 cm³/mol. The molecule has 10 heteroatoms. The fourth-order valence-electron chi connectivity index (χ4n) is 3.85. The number of carbonyl (C=O) groups excluding carboxylic acids is 1. The first kappa shape index (κ1) is 23.8. The highest BCUT2D eigenvalue weighted by atomic mass is 32.2. The van der Waals surface area contributed by atoms with Crippen molar-refractivity contribution in [2.45, 2.75) is 55.7 Å². The summed E-state index contributed by atoms with van der Waals surface area (Å²) in [4.78, 5) is 11.9. The van der Waals surface area contributed by atoms with Crippen molar-refractivity contribution in [2.24, 2.45) is 0 Å². The second-order valence-electron chi connectivity index (χ2n) is 7.86. The lowest BCUT2D eigenvalue weighted by molar-refractivity contribution is -0.355. The topological polar surface area (TPSA) is 107 Å². The molecule has 0 amide bonds. The first-order valence-electron chi connectivity index (χ1n) is 10.5. The van der Waals surface area contributed by atoms with Gasteiger partial charge in [0, 0.05) is 19.6 Å². The number of methoxy groups -OCH3 is 1. The van der Waals surface area contributed by atoms with Crippen LogP contribution in [0.3, 0.4) is 0 Å². The summed E-state index contributed by atoms with van der Waals surface area (Å²) in [6, 6.07) is 15.4. The molecule has 0 radical (unpaired) electrons. The maximum Gasteiger partial charge on any atom is 0.303 e. The Hall–Kier alpha value is -2.34. The van der Waals surface area contributed by atoms with Gasteiger partial charge in [0.15, 0.2) is 24.8 Å². The van der Waals surface area contributed by atoms with Gasteiger partial charge in [0.2, 0.25) is 0 Å². The van der Waals surface area contributed by atoms with E-state index in [0.29, 0.717) is 0 Å². The monoisotopic (exact) mass is 478 g/mol. The molecule has 0 aliphatic carbocycles. The van der Waals surface area contributed by atoms with E-state index >= 15 is 0 Å². The molecule has 0 unspecified atom stereocenters. The normalized spacial score (nSPS) is 29.8. The third kappa shape index (κ3) is 5.26. The van der Waals surface area contributed by atoms with Gasteiger partial charge in [-0.1, -0.05) is 48.0 Å². The molecule has 0 spiro atoms. The van der Waals surface area contributed by atoms with Crippen LogP contribution in [0.25, 0.3) is 0 Å². The molecule has 6 atom stereocenters. The van der Waals surface area contributed by atoms with Crippen LogP contribution < -0.4 is 0 Å². The van der Waals surface area contributed by atoms with Crippen LogP contribution in [0.2, 0.25) is 0 Å². The summed E-state index contributed by atoms with van der Waals surface area (Å²) in [7, 11) is -2.88. The lowest BCUT2D eigenvalue weighted by atomic mass is 9.97. The number of hydrogen-bond donors (Lipinski definition) is 0. The molecule has 2 aromatic carbocycles. The maximum atomic E-state index is 13.0. The van der Waals surface area contributed by atoms with Crippen LogP contribution in [-0.2, 0) is 42.8 Å². The zero-order valence-corrected chi connectivity index (χ0v) is 19.3. The quantitative estimate of drug-likeness (QED) is 0.457. The molecule has 9 nitrogen and oxygen atoms in total. The van der Waals surface area contributed by atoms with E-state index in [2.05, 4.69) is 0 Å². The molecule has 2 saturated heterocycles. The van der Waals surface area contributed by atoms with Crippen LogP contribution in [-0.4, -0.2) is 58.8 Å². The van der Waals surface area contributed by atoms with Crippen LogP contribution in [0.5, 0.6) is 0 Å². The first-order valence-corrected chi connectivity index (χ1v) is 11.9. The SMILES string of the molecule is CO[C@H]1O[C@@H]2CO[C@H](c3ccccc3)O[C@@H]2[C@H](OC(C)=O)[C@@H]1OS(=O)(=O)c1ccc(C)cc1.